The van der Waals surface area contributed by atoms with Gasteiger partial charge in [0.25, 0.3) is 5.91 Å². The van der Waals surface area contributed by atoms with E-state index in [4.69, 9.17) is 0 Å². The summed E-state index contributed by atoms with van der Waals surface area (Å²) in [5.41, 5.74) is 3.72. The predicted octanol–water partition coefficient (Wildman–Crippen LogP) is 3.53. The van der Waals surface area contributed by atoms with Crippen molar-refractivity contribution in [2.75, 3.05) is 5.32 Å². The van der Waals surface area contributed by atoms with E-state index in [1.54, 1.807) is 12.4 Å². The number of nitrogens with zero attached hydrogens (tertiary/aromatic N) is 1. The first-order valence-corrected chi connectivity index (χ1v) is 7.64. The van der Waals surface area contributed by atoms with Crippen LogP contribution in [0.1, 0.15) is 41.8 Å². The minimum atomic E-state index is -0.109. The minimum absolute atomic E-state index is 0.109. The molecule has 0 spiro atoms. The van der Waals surface area contributed by atoms with Gasteiger partial charge in [0.05, 0.1) is 11.3 Å². The molecule has 0 aliphatic rings. The molecule has 1 atom stereocenters. The third kappa shape index (κ3) is 4.58. The van der Waals surface area contributed by atoms with Gasteiger partial charge in [0.1, 0.15) is 0 Å². The molecule has 1 heterocycles. The summed E-state index contributed by atoms with van der Waals surface area (Å²) < 4.78 is 0. The molecule has 1 unspecified atom stereocenters. The second-order valence-corrected chi connectivity index (χ2v) is 5.59. The van der Waals surface area contributed by atoms with Crippen molar-refractivity contribution in [3.63, 3.8) is 0 Å². The van der Waals surface area contributed by atoms with Crippen molar-refractivity contribution in [2.45, 2.75) is 39.8 Å². The van der Waals surface area contributed by atoms with Crippen molar-refractivity contribution in [3.8, 4) is 0 Å². The lowest BCUT2D eigenvalue weighted by Gasteiger charge is -2.13. The Morgan fingerprint density at radius 2 is 2.09 bits per heavy atom. The first-order chi connectivity index (χ1) is 10.6. The number of rotatable bonds is 6. The van der Waals surface area contributed by atoms with Gasteiger partial charge < -0.3 is 10.6 Å². The molecular formula is C18H23N3O. The summed E-state index contributed by atoms with van der Waals surface area (Å²) in [6.45, 7) is 6.77. The highest BCUT2D eigenvalue weighted by Crippen LogP contribution is 2.11. The normalized spacial score (nSPS) is 11.8. The summed E-state index contributed by atoms with van der Waals surface area (Å²) in [5, 5.41) is 6.26. The van der Waals surface area contributed by atoms with Crippen molar-refractivity contribution in [3.05, 3.63) is 59.4 Å². The van der Waals surface area contributed by atoms with E-state index in [9.17, 15) is 4.79 Å². The van der Waals surface area contributed by atoms with E-state index in [1.165, 1.54) is 5.56 Å². The molecule has 4 heteroatoms. The lowest BCUT2D eigenvalue weighted by molar-refractivity contribution is 0.0950. The molecule has 0 saturated heterocycles. The Morgan fingerprint density at radius 1 is 1.27 bits per heavy atom. The maximum absolute atomic E-state index is 12.2. The molecule has 22 heavy (non-hydrogen) atoms. The topological polar surface area (TPSA) is 54.0 Å². The van der Waals surface area contributed by atoms with Gasteiger partial charge in [0.15, 0.2) is 0 Å². The average molecular weight is 297 g/mol. The first-order valence-electron chi connectivity index (χ1n) is 7.64. The van der Waals surface area contributed by atoms with Gasteiger partial charge in [-0.1, -0.05) is 36.8 Å². The summed E-state index contributed by atoms with van der Waals surface area (Å²) in [6.07, 6.45) is 4.35. The predicted molar refractivity (Wildman–Crippen MR) is 90.0 cm³/mol. The number of hydrogen-bond acceptors (Lipinski definition) is 3. The van der Waals surface area contributed by atoms with Crippen LogP contribution < -0.4 is 10.6 Å². The second-order valence-electron chi connectivity index (χ2n) is 5.59. The summed E-state index contributed by atoms with van der Waals surface area (Å²) in [6, 6.07) is 10.3. The molecular weight excluding hydrogens is 274 g/mol. The van der Waals surface area contributed by atoms with Gasteiger partial charge in [-0.3, -0.25) is 9.78 Å². The van der Waals surface area contributed by atoms with Crippen LogP contribution in [0.5, 0.6) is 0 Å². The van der Waals surface area contributed by atoms with Crippen molar-refractivity contribution >= 4 is 11.6 Å². The Kier molecular flexibility index (Phi) is 5.53. The van der Waals surface area contributed by atoms with Crippen LogP contribution in [-0.2, 0) is 6.54 Å². The summed E-state index contributed by atoms with van der Waals surface area (Å²) in [7, 11) is 0. The monoisotopic (exact) mass is 297 g/mol. The van der Waals surface area contributed by atoms with Gasteiger partial charge in [0.2, 0.25) is 0 Å². The zero-order chi connectivity index (χ0) is 15.9. The van der Waals surface area contributed by atoms with Gasteiger partial charge in [-0.2, -0.15) is 0 Å². The third-order valence-electron chi connectivity index (χ3n) is 3.56. The van der Waals surface area contributed by atoms with Crippen LogP contribution in [0.25, 0.3) is 0 Å². The molecule has 1 aromatic carbocycles. The molecule has 0 radical (unpaired) electrons. The highest BCUT2D eigenvalue weighted by molar-refractivity contribution is 5.94. The van der Waals surface area contributed by atoms with Gasteiger partial charge >= 0.3 is 0 Å². The SMILES string of the molecule is CCC(C)Nc1cncc(C(=O)NCc2cccc(C)c2)c1. The van der Waals surface area contributed by atoms with Crippen molar-refractivity contribution in [1.82, 2.24) is 10.3 Å². The Bertz CT molecular complexity index is 640. The van der Waals surface area contributed by atoms with E-state index in [0.29, 0.717) is 18.2 Å². The van der Waals surface area contributed by atoms with E-state index in [0.717, 1.165) is 17.7 Å². The summed E-state index contributed by atoms with van der Waals surface area (Å²) in [4.78, 5) is 16.4. The van der Waals surface area contributed by atoms with Crippen LogP contribution in [0.15, 0.2) is 42.7 Å². The van der Waals surface area contributed by atoms with Gasteiger partial charge in [-0.25, -0.2) is 0 Å². The first kappa shape index (κ1) is 16.0. The number of nitrogens with one attached hydrogen (secondary N) is 2. The standard InChI is InChI=1S/C18H23N3O/c1-4-14(3)21-17-9-16(11-19-12-17)18(22)20-10-15-7-5-6-13(2)8-15/h5-9,11-12,14,21H,4,10H2,1-3H3,(H,20,22). The highest BCUT2D eigenvalue weighted by Gasteiger charge is 2.08. The number of hydrogen-bond donors (Lipinski definition) is 2. The summed E-state index contributed by atoms with van der Waals surface area (Å²) >= 11 is 0. The Labute approximate surface area is 132 Å². The maximum atomic E-state index is 12.2. The Hall–Kier alpha value is -2.36. The van der Waals surface area contributed by atoms with E-state index >= 15 is 0 Å². The van der Waals surface area contributed by atoms with Crippen molar-refractivity contribution < 1.29 is 4.79 Å². The number of pyridine rings is 1. The zero-order valence-corrected chi connectivity index (χ0v) is 13.4. The molecule has 0 aliphatic heterocycles. The van der Waals surface area contributed by atoms with E-state index in [1.807, 2.05) is 31.2 Å². The lowest BCUT2D eigenvalue weighted by Crippen LogP contribution is -2.23. The third-order valence-corrected chi connectivity index (χ3v) is 3.56. The van der Waals surface area contributed by atoms with Gasteiger partial charge in [-0.15, -0.1) is 0 Å². The number of aromatic nitrogens is 1. The lowest BCUT2D eigenvalue weighted by atomic mass is 10.1. The molecule has 0 fully saturated rings. The van der Waals surface area contributed by atoms with Crippen LogP contribution >= 0.6 is 0 Å². The van der Waals surface area contributed by atoms with Crippen molar-refractivity contribution in [2.24, 2.45) is 0 Å². The molecule has 0 aliphatic carbocycles. The van der Waals surface area contributed by atoms with Crippen LogP contribution in [-0.4, -0.2) is 16.9 Å². The molecule has 0 bridgehead atoms. The number of carbonyl (C=O) groups excluding carboxylic acids is 1. The second kappa shape index (κ2) is 7.59. The Balaban J connectivity index is 1.99. The fraction of sp³-hybridized carbons (Fsp3) is 0.333. The molecule has 1 amide bonds. The van der Waals surface area contributed by atoms with E-state index in [-0.39, 0.29) is 5.91 Å². The van der Waals surface area contributed by atoms with Gasteiger partial charge in [-0.05, 0) is 31.9 Å². The summed E-state index contributed by atoms with van der Waals surface area (Å²) in [5.74, 6) is -0.109. The number of benzene rings is 1. The average Bonchev–Trinajstić information content (AvgIpc) is 2.53. The molecule has 116 valence electrons. The quantitative estimate of drug-likeness (QED) is 0.857. The fourth-order valence-electron chi connectivity index (χ4n) is 2.14. The molecule has 2 N–H and O–H groups in total. The molecule has 4 nitrogen and oxygen atoms in total. The zero-order valence-electron chi connectivity index (χ0n) is 13.4. The maximum Gasteiger partial charge on any atom is 0.253 e. The molecule has 2 rings (SSSR count). The number of amides is 1. The van der Waals surface area contributed by atoms with Crippen LogP contribution in [0.3, 0.4) is 0 Å². The molecule has 0 saturated carbocycles. The van der Waals surface area contributed by atoms with Crippen LogP contribution in [0.2, 0.25) is 0 Å². The highest BCUT2D eigenvalue weighted by atomic mass is 16.1. The van der Waals surface area contributed by atoms with Gasteiger partial charge in [0, 0.05) is 25.0 Å². The number of anilines is 1. The number of carbonyl (C=O) groups is 1. The van der Waals surface area contributed by atoms with Crippen LogP contribution in [0.4, 0.5) is 5.69 Å². The van der Waals surface area contributed by atoms with Crippen LogP contribution in [0, 0.1) is 6.92 Å². The largest absolute Gasteiger partial charge is 0.381 e. The Morgan fingerprint density at radius 3 is 2.82 bits per heavy atom. The van der Waals surface area contributed by atoms with E-state index < -0.39 is 0 Å². The number of aryl methyl sites for hydroxylation is 1. The minimum Gasteiger partial charge on any atom is -0.381 e. The van der Waals surface area contributed by atoms with Crippen molar-refractivity contribution in [1.29, 1.82) is 0 Å². The smallest absolute Gasteiger partial charge is 0.253 e. The molecule has 2 aromatic rings. The fourth-order valence-corrected chi connectivity index (χ4v) is 2.14. The van der Waals surface area contributed by atoms with E-state index in [2.05, 4.69) is 35.5 Å². The molecule has 1 aromatic heterocycles.